The van der Waals surface area contributed by atoms with Crippen LogP contribution in [0.1, 0.15) is 43.1 Å². The first-order chi connectivity index (χ1) is 10.1. The van der Waals surface area contributed by atoms with Crippen molar-refractivity contribution in [3.63, 3.8) is 0 Å². The molecule has 1 fully saturated rings. The molecule has 1 unspecified atom stereocenters. The molecule has 4 nitrogen and oxygen atoms in total. The average Bonchev–Trinajstić information content (AvgIpc) is 2.98. The number of carbonyl (C=O) groups is 1. The Morgan fingerprint density at radius 1 is 1.30 bits per heavy atom. The lowest BCUT2D eigenvalue weighted by Gasteiger charge is -2.24. The van der Waals surface area contributed by atoms with Crippen LogP contribution in [0.3, 0.4) is 0 Å². The monoisotopic (exact) mass is 361 g/mol. The SMILES string of the molecule is CCN(Cc1ccc(C(=O)NC2CCNC2)cc1)C(C)C.Cl.Cl. The van der Waals surface area contributed by atoms with Crippen LogP contribution in [0, 0.1) is 0 Å². The van der Waals surface area contributed by atoms with Crippen molar-refractivity contribution >= 4 is 30.7 Å². The van der Waals surface area contributed by atoms with Crippen molar-refractivity contribution in [1.82, 2.24) is 15.5 Å². The van der Waals surface area contributed by atoms with Crippen molar-refractivity contribution in [2.24, 2.45) is 0 Å². The summed E-state index contributed by atoms with van der Waals surface area (Å²) in [5, 5.41) is 6.33. The van der Waals surface area contributed by atoms with Gasteiger partial charge in [-0.25, -0.2) is 0 Å². The van der Waals surface area contributed by atoms with E-state index in [2.05, 4.69) is 48.4 Å². The Hall–Kier alpha value is -0.810. The van der Waals surface area contributed by atoms with Crippen molar-refractivity contribution in [2.45, 2.75) is 45.8 Å². The Kier molecular flexibility index (Phi) is 10.5. The standard InChI is InChI=1S/C17H27N3O.2ClH/c1-4-20(13(2)3)12-14-5-7-15(8-6-14)17(21)19-16-9-10-18-11-16;;/h5-8,13,16,18H,4,9-12H2,1-3H3,(H,19,21);2*1H. The highest BCUT2D eigenvalue weighted by atomic mass is 35.5. The highest BCUT2D eigenvalue weighted by molar-refractivity contribution is 5.94. The van der Waals surface area contributed by atoms with E-state index in [9.17, 15) is 4.79 Å². The highest BCUT2D eigenvalue weighted by Crippen LogP contribution is 2.10. The Balaban J connectivity index is 0.00000242. The second-order valence-electron chi connectivity index (χ2n) is 6.02. The lowest BCUT2D eigenvalue weighted by atomic mass is 10.1. The third-order valence-corrected chi connectivity index (χ3v) is 4.13. The third kappa shape index (κ3) is 6.68. The minimum absolute atomic E-state index is 0. The molecule has 0 aromatic heterocycles. The Morgan fingerprint density at radius 2 is 1.96 bits per heavy atom. The maximum absolute atomic E-state index is 12.1. The van der Waals surface area contributed by atoms with Crippen molar-refractivity contribution in [1.29, 1.82) is 0 Å². The van der Waals surface area contributed by atoms with Gasteiger partial charge in [-0.05, 0) is 51.1 Å². The fraction of sp³-hybridized carbons (Fsp3) is 0.588. The zero-order valence-electron chi connectivity index (χ0n) is 14.2. The lowest BCUT2D eigenvalue weighted by molar-refractivity contribution is 0.0940. The third-order valence-electron chi connectivity index (χ3n) is 4.13. The van der Waals surface area contributed by atoms with E-state index in [0.29, 0.717) is 6.04 Å². The van der Waals surface area contributed by atoms with E-state index in [1.165, 1.54) is 5.56 Å². The molecule has 6 heteroatoms. The number of halogens is 2. The summed E-state index contributed by atoms with van der Waals surface area (Å²) >= 11 is 0. The van der Waals surface area contributed by atoms with E-state index in [0.717, 1.165) is 38.2 Å². The molecule has 2 rings (SSSR count). The molecule has 1 heterocycles. The topological polar surface area (TPSA) is 44.4 Å². The molecule has 0 bridgehead atoms. The molecule has 132 valence electrons. The maximum Gasteiger partial charge on any atom is 0.251 e. The van der Waals surface area contributed by atoms with Gasteiger partial charge in [0.05, 0.1) is 0 Å². The summed E-state index contributed by atoms with van der Waals surface area (Å²) in [6.07, 6.45) is 1.02. The second kappa shape index (κ2) is 10.9. The van der Waals surface area contributed by atoms with Gasteiger partial charge in [-0.1, -0.05) is 19.1 Å². The van der Waals surface area contributed by atoms with Gasteiger partial charge >= 0.3 is 0 Å². The van der Waals surface area contributed by atoms with Gasteiger partial charge in [0.2, 0.25) is 0 Å². The lowest BCUT2D eigenvalue weighted by Crippen LogP contribution is -2.36. The van der Waals surface area contributed by atoms with Gasteiger partial charge in [-0.3, -0.25) is 9.69 Å². The van der Waals surface area contributed by atoms with E-state index in [-0.39, 0.29) is 36.8 Å². The quantitative estimate of drug-likeness (QED) is 0.818. The van der Waals surface area contributed by atoms with Crippen molar-refractivity contribution in [3.05, 3.63) is 35.4 Å². The molecule has 1 atom stereocenters. The first-order valence-corrected chi connectivity index (χ1v) is 7.94. The van der Waals surface area contributed by atoms with Crippen LogP contribution in [-0.2, 0) is 6.54 Å². The molecule has 0 saturated carbocycles. The van der Waals surface area contributed by atoms with E-state index in [1.54, 1.807) is 0 Å². The van der Waals surface area contributed by atoms with Crippen molar-refractivity contribution in [3.8, 4) is 0 Å². The van der Waals surface area contributed by atoms with E-state index in [1.807, 2.05) is 12.1 Å². The van der Waals surface area contributed by atoms with Gasteiger partial charge < -0.3 is 10.6 Å². The van der Waals surface area contributed by atoms with Crippen LogP contribution < -0.4 is 10.6 Å². The normalized spacial score (nSPS) is 16.8. The van der Waals surface area contributed by atoms with Crippen LogP contribution in [0.5, 0.6) is 0 Å². The molecule has 1 saturated heterocycles. The number of amides is 1. The van der Waals surface area contributed by atoms with Gasteiger partial charge in [0, 0.05) is 30.7 Å². The van der Waals surface area contributed by atoms with Gasteiger partial charge in [0.15, 0.2) is 0 Å². The number of rotatable bonds is 6. The van der Waals surface area contributed by atoms with Crippen LogP contribution in [0.4, 0.5) is 0 Å². The van der Waals surface area contributed by atoms with Crippen LogP contribution in [-0.4, -0.2) is 42.5 Å². The molecule has 0 spiro atoms. The first kappa shape index (κ1) is 22.2. The molecule has 23 heavy (non-hydrogen) atoms. The predicted molar refractivity (Wildman–Crippen MR) is 101 cm³/mol. The van der Waals surface area contributed by atoms with Gasteiger partial charge in [0.25, 0.3) is 5.91 Å². The van der Waals surface area contributed by atoms with Crippen LogP contribution >= 0.6 is 24.8 Å². The highest BCUT2D eigenvalue weighted by Gasteiger charge is 2.17. The summed E-state index contributed by atoms with van der Waals surface area (Å²) in [5.41, 5.74) is 2.00. The number of nitrogens with one attached hydrogen (secondary N) is 2. The largest absolute Gasteiger partial charge is 0.348 e. The second-order valence-corrected chi connectivity index (χ2v) is 6.02. The molecule has 0 radical (unpaired) electrons. The summed E-state index contributed by atoms with van der Waals surface area (Å²) < 4.78 is 0. The van der Waals surface area contributed by atoms with Gasteiger partial charge in [-0.2, -0.15) is 0 Å². The maximum atomic E-state index is 12.1. The van der Waals surface area contributed by atoms with Crippen molar-refractivity contribution in [2.75, 3.05) is 19.6 Å². The van der Waals surface area contributed by atoms with E-state index < -0.39 is 0 Å². The van der Waals surface area contributed by atoms with Crippen LogP contribution in [0.15, 0.2) is 24.3 Å². The number of nitrogens with zero attached hydrogens (tertiary/aromatic N) is 1. The minimum atomic E-state index is 0. The first-order valence-electron chi connectivity index (χ1n) is 7.94. The van der Waals surface area contributed by atoms with E-state index in [4.69, 9.17) is 0 Å². The minimum Gasteiger partial charge on any atom is -0.348 e. The van der Waals surface area contributed by atoms with Crippen LogP contribution in [0.2, 0.25) is 0 Å². The number of benzene rings is 1. The van der Waals surface area contributed by atoms with Crippen LogP contribution in [0.25, 0.3) is 0 Å². The summed E-state index contributed by atoms with van der Waals surface area (Å²) in [7, 11) is 0. The molecule has 1 aliphatic heterocycles. The molecular formula is C17H29Cl2N3O. The molecular weight excluding hydrogens is 333 g/mol. The molecule has 1 aromatic carbocycles. The molecule has 1 aromatic rings. The summed E-state index contributed by atoms with van der Waals surface area (Å²) in [6, 6.07) is 8.80. The summed E-state index contributed by atoms with van der Waals surface area (Å²) in [6.45, 7) is 10.4. The van der Waals surface area contributed by atoms with Gasteiger partial charge in [-0.15, -0.1) is 24.8 Å². The summed E-state index contributed by atoms with van der Waals surface area (Å²) in [5.74, 6) is 0.0338. The average molecular weight is 362 g/mol. The Bertz CT molecular complexity index is 459. The number of carbonyl (C=O) groups excluding carboxylic acids is 1. The molecule has 2 N–H and O–H groups in total. The van der Waals surface area contributed by atoms with Gasteiger partial charge in [0.1, 0.15) is 0 Å². The fourth-order valence-electron chi connectivity index (χ4n) is 2.70. The smallest absolute Gasteiger partial charge is 0.251 e. The molecule has 0 aliphatic carbocycles. The molecule has 1 aliphatic rings. The predicted octanol–water partition coefficient (Wildman–Crippen LogP) is 2.85. The zero-order chi connectivity index (χ0) is 15.2. The van der Waals surface area contributed by atoms with Crippen molar-refractivity contribution < 1.29 is 4.79 Å². The van der Waals surface area contributed by atoms with E-state index >= 15 is 0 Å². The summed E-state index contributed by atoms with van der Waals surface area (Å²) in [4.78, 5) is 14.6. The zero-order valence-corrected chi connectivity index (χ0v) is 15.8. The fourth-order valence-corrected chi connectivity index (χ4v) is 2.70. The number of hydrogen-bond acceptors (Lipinski definition) is 3. The number of hydrogen-bond donors (Lipinski definition) is 2. The Labute approximate surface area is 152 Å². The Morgan fingerprint density at radius 3 is 2.43 bits per heavy atom. The molecule has 1 amide bonds.